The fourth-order valence-corrected chi connectivity index (χ4v) is 4.01. The van der Waals surface area contributed by atoms with Gasteiger partial charge in [-0.2, -0.15) is 18.3 Å². The molecule has 5 rings (SSSR count). The van der Waals surface area contributed by atoms with E-state index < -0.39 is 34.6 Å². The molecular formula is C27H19F4N5O. The summed E-state index contributed by atoms with van der Waals surface area (Å²) in [4.78, 5) is 21.0. The number of benzene rings is 3. The number of amides is 1. The minimum Gasteiger partial charge on any atom is -0.306 e. The third-order valence-corrected chi connectivity index (χ3v) is 5.84. The van der Waals surface area contributed by atoms with Crippen LogP contribution in [-0.2, 0) is 12.6 Å². The molecule has 0 aliphatic carbocycles. The van der Waals surface area contributed by atoms with E-state index in [1.54, 1.807) is 30.3 Å². The third kappa shape index (κ3) is 4.65. The summed E-state index contributed by atoms with van der Waals surface area (Å²) in [5, 5.41) is 7.87. The molecule has 0 bridgehead atoms. The zero-order valence-corrected chi connectivity index (χ0v) is 19.4. The average Bonchev–Trinajstić information content (AvgIpc) is 3.26. The summed E-state index contributed by atoms with van der Waals surface area (Å²) in [6.07, 6.45) is -1.58. The number of hydrogen-bond acceptors (Lipinski definition) is 4. The van der Waals surface area contributed by atoms with Crippen LogP contribution in [0.3, 0.4) is 0 Å². The van der Waals surface area contributed by atoms with Crippen molar-refractivity contribution < 1.29 is 22.4 Å². The number of carbonyl (C=O) groups is 1. The van der Waals surface area contributed by atoms with Crippen LogP contribution in [0.15, 0.2) is 79.1 Å². The molecule has 0 aliphatic rings. The smallest absolute Gasteiger partial charge is 0.306 e. The first-order valence-corrected chi connectivity index (χ1v) is 11.3. The number of aromatic nitrogens is 4. The predicted octanol–water partition coefficient (Wildman–Crippen LogP) is 6.46. The Kier molecular flexibility index (Phi) is 6.16. The van der Waals surface area contributed by atoms with Crippen LogP contribution >= 0.6 is 0 Å². The number of nitrogens with one attached hydrogen (secondary N) is 1. The molecule has 2 heterocycles. The molecule has 1 N–H and O–H groups in total. The number of anilines is 1. The lowest BCUT2D eigenvalue weighted by Gasteiger charge is -2.15. The van der Waals surface area contributed by atoms with E-state index in [9.17, 15) is 22.4 Å². The molecule has 1 amide bonds. The molecule has 2 aromatic heterocycles. The van der Waals surface area contributed by atoms with Gasteiger partial charge in [-0.25, -0.2) is 19.0 Å². The van der Waals surface area contributed by atoms with Crippen LogP contribution in [-0.4, -0.2) is 25.7 Å². The summed E-state index contributed by atoms with van der Waals surface area (Å²) >= 11 is 0. The summed E-state index contributed by atoms with van der Waals surface area (Å²) in [5.41, 5.74) is -0.102. The molecule has 186 valence electrons. The van der Waals surface area contributed by atoms with E-state index >= 15 is 0 Å². The van der Waals surface area contributed by atoms with Crippen LogP contribution in [0.4, 0.5) is 23.4 Å². The SMILES string of the molecule is CCc1ccc2c(NC(=O)c3cc(-c4ncccn4)c(C(F)(F)F)cc3F)n(-c3ccccc3)nc2c1. The second-order valence-corrected chi connectivity index (χ2v) is 8.20. The maximum atomic E-state index is 15.0. The van der Waals surface area contributed by atoms with Crippen LogP contribution < -0.4 is 5.32 Å². The molecule has 0 radical (unpaired) electrons. The number of halogens is 4. The van der Waals surface area contributed by atoms with Crippen LogP contribution in [0.25, 0.3) is 28.0 Å². The second-order valence-electron chi connectivity index (χ2n) is 8.20. The first-order chi connectivity index (χ1) is 17.8. The Bertz CT molecular complexity index is 1600. The van der Waals surface area contributed by atoms with Crippen molar-refractivity contribution in [2.45, 2.75) is 19.5 Å². The zero-order valence-electron chi connectivity index (χ0n) is 19.4. The molecule has 0 saturated carbocycles. The van der Waals surface area contributed by atoms with E-state index in [2.05, 4.69) is 20.4 Å². The maximum Gasteiger partial charge on any atom is 0.417 e. The van der Waals surface area contributed by atoms with Gasteiger partial charge in [0.25, 0.3) is 5.91 Å². The molecule has 0 atom stereocenters. The van der Waals surface area contributed by atoms with Crippen molar-refractivity contribution in [2.24, 2.45) is 0 Å². The molecule has 0 fully saturated rings. The Balaban J connectivity index is 1.63. The summed E-state index contributed by atoms with van der Waals surface area (Å²) in [6.45, 7) is 2.00. The van der Waals surface area contributed by atoms with Crippen LogP contribution in [0.5, 0.6) is 0 Å². The molecular weight excluding hydrogens is 486 g/mol. The predicted molar refractivity (Wildman–Crippen MR) is 131 cm³/mol. The normalized spacial score (nSPS) is 11.6. The van der Waals surface area contributed by atoms with Gasteiger partial charge >= 0.3 is 6.18 Å². The van der Waals surface area contributed by atoms with Crippen molar-refractivity contribution in [3.05, 3.63) is 102 Å². The van der Waals surface area contributed by atoms with E-state index in [1.807, 2.05) is 25.1 Å². The van der Waals surface area contributed by atoms with Gasteiger partial charge < -0.3 is 5.32 Å². The van der Waals surface area contributed by atoms with Crippen molar-refractivity contribution in [3.8, 4) is 17.1 Å². The van der Waals surface area contributed by atoms with E-state index in [0.29, 0.717) is 22.7 Å². The minimum atomic E-state index is -4.89. The summed E-state index contributed by atoms with van der Waals surface area (Å²) in [7, 11) is 0. The molecule has 5 aromatic rings. The quantitative estimate of drug-likeness (QED) is 0.279. The lowest BCUT2D eigenvalue weighted by atomic mass is 10.0. The summed E-state index contributed by atoms with van der Waals surface area (Å²) < 4.78 is 57.6. The Morgan fingerprint density at radius 2 is 1.70 bits per heavy atom. The van der Waals surface area contributed by atoms with Gasteiger partial charge in [-0.1, -0.05) is 31.2 Å². The van der Waals surface area contributed by atoms with Gasteiger partial charge in [0.2, 0.25) is 0 Å². The largest absolute Gasteiger partial charge is 0.417 e. The average molecular weight is 505 g/mol. The molecule has 6 nitrogen and oxygen atoms in total. The Labute approximate surface area is 208 Å². The van der Waals surface area contributed by atoms with E-state index in [1.165, 1.54) is 23.1 Å². The number of hydrogen-bond donors (Lipinski definition) is 1. The lowest BCUT2D eigenvalue weighted by molar-refractivity contribution is -0.137. The van der Waals surface area contributed by atoms with Gasteiger partial charge in [-0.05, 0) is 54.4 Å². The zero-order chi connectivity index (χ0) is 26.2. The molecule has 3 aromatic carbocycles. The van der Waals surface area contributed by atoms with Gasteiger partial charge in [-0.3, -0.25) is 4.79 Å². The van der Waals surface area contributed by atoms with Gasteiger partial charge in [-0.15, -0.1) is 0 Å². The van der Waals surface area contributed by atoms with Crippen molar-refractivity contribution in [1.82, 2.24) is 19.7 Å². The van der Waals surface area contributed by atoms with Crippen LogP contribution in [0.1, 0.15) is 28.4 Å². The highest BCUT2D eigenvalue weighted by Crippen LogP contribution is 2.38. The van der Waals surface area contributed by atoms with Crippen molar-refractivity contribution >= 4 is 22.6 Å². The molecule has 10 heteroatoms. The van der Waals surface area contributed by atoms with Crippen molar-refractivity contribution in [1.29, 1.82) is 0 Å². The molecule has 0 saturated heterocycles. The monoisotopic (exact) mass is 505 g/mol. The molecule has 0 aliphatic heterocycles. The Hall–Kier alpha value is -4.60. The lowest BCUT2D eigenvalue weighted by Crippen LogP contribution is -2.18. The van der Waals surface area contributed by atoms with Gasteiger partial charge in [0.1, 0.15) is 11.6 Å². The topological polar surface area (TPSA) is 72.7 Å². The fourth-order valence-electron chi connectivity index (χ4n) is 4.01. The maximum absolute atomic E-state index is 15.0. The number of para-hydroxylation sites is 1. The highest BCUT2D eigenvalue weighted by molar-refractivity contribution is 6.09. The first kappa shape index (κ1) is 24.1. The minimum absolute atomic E-state index is 0.255. The number of rotatable bonds is 5. The van der Waals surface area contributed by atoms with Crippen molar-refractivity contribution in [3.63, 3.8) is 0 Å². The van der Waals surface area contributed by atoms with Gasteiger partial charge in [0, 0.05) is 23.3 Å². The second kappa shape index (κ2) is 9.45. The van der Waals surface area contributed by atoms with Gasteiger partial charge in [0.05, 0.1) is 22.3 Å². The van der Waals surface area contributed by atoms with Gasteiger partial charge in [0.15, 0.2) is 5.82 Å². The highest BCUT2D eigenvalue weighted by Gasteiger charge is 2.36. The van der Waals surface area contributed by atoms with Crippen LogP contribution in [0.2, 0.25) is 0 Å². The van der Waals surface area contributed by atoms with E-state index in [0.717, 1.165) is 18.1 Å². The third-order valence-electron chi connectivity index (χ3n) is 5.84. The Morgan fingerprint density at radius 1 is 0.973 bits per heavy atom. The molecule has 37 heavy (non-hydrogen) atoms. The number of fused-ring (bicyclic) bond motifs is 1. The van der Waals surface area contributed by atoms with Crippen molar-refractivity contribution in [2.75, 3.05) is 5.32 Å². The highest BCUT2D eigenvalue weighted by atomic mass is 19.4. The molecule has 0 spiro atoms. The summed E-state index contributed by atoms with van der Waals surface area (Å²) in [5.74, 6) is -2.30. The van der Waals surface area contributed by atoms with Crippen LogP contribution in [0, 0.1) is 5.82 Å². The first-order valence-electron chi connectivity index (χ1n) is 11.3. The standard InChI is InChI=1S/C27H19F4N5O/c1-2-16-9-10-18-23(13-16)35-36(17-7-4-3-5-8-17)25(18)34-26(37)20-14-19(24-32-11-6-12-33-24)21(15-22(20)28)27(29,30)31/h3-15H,2H2,1H3,(H,34,37). The van der Waals surface area contributed by atoms with E-state index in [4.69, 9.17) is 0 Å². The number of aryl methyl sites for hydroxylation is 1. The van der Waals surface area contributed by atoms with E-state index in [-0.39, 0.29) is 11.6 Å². The number of nitrogens with zero attached hydrogens (tertiary/aromatic N) is 4. The fraction of sp³-hybridized carbons (Fsp3) is 0.111. The number of alkyl halides is 3. The Morgan fingerprint density at radius 3 is 2.38 bits per heavy atom. The summed E-state index contributed by atoms with van der Waals surface area (Å²) in [6, 6.07) is 17.1. The molecule has 0 unspecified atom stereocenters. The number of carbonyl (C=O) groups excluding carboxylic acids is 1.